The predicted molar refractivity (Wildman–Crippen MR) is 61.8 cm³/mol. The molecule has 0 saturated heterocycles. The average molecular weight is 226 g/mol. The Labute approximate surface area is 94.8 Å². The van der Waals surface area contributed by atoms with Gasteiger partial charge in [0.15, 0.2) is 0 Å². The molecule has 1 aromatic heterocycles. The van der Waals surface area contributed by atoms with Gasteiger partial charge >= 0.3 is 0 Å². The average Bonchev–Trinajstić information content (AvgIpc) is 2.71. The number of thiazole rings is 1. The van der Waals surface area contributed by atoms with Crippen LogP contribution in [0.25, 0.3) is 0 Å². The molecule has 84 valence electrons. The van der Waals surface area contributed by atoms with E-state index in [1.54, 1.807) is 11.3 Å². The standard InChI is InChI=1S/C11H18N2OS/c1-13(6-9-7-15-8-12-9)10-4-2-3-5-11(10)14/h7-8,10-11,14H,2-6H2,1H3/t10-,11-/m0/s1. The molecular weight excluding hydrogens is 208 g/mol. The Balaban J connectivity index is 1.91. The lowest BCUT2D eigenvalue weighted by molar-refractivity contribution is 0.0284. The van der Waals surface area contributed by atoms with Crippen molar-refractivity contribution < 1.29 is 5.11 Å². The number of aliphatic hydroxyl groups is 1. The second-order valence-electron chi connectivity index (χ2n) is 4.31. The molecule has 1 fully saturated rings. The van der Waals surface area contributed by atoms with E-state index in [4.69, 9.17) is 0 Å². The van der Waals surface area contributed by atoms with Crippen molar-refractivity contribution in [3.63, 3.8) is 0 Å². The topological polar surface area (TPSA) is 36.4 Å². The lowest BCUT2D eigenvalue weighted by atomic mass is 9.91. The van der Waals surface area contributed by atoms with Crippen molar-refractivity contribution in [2.24, 2.45) is 0 Å². The highest BCUT2D eigenvalue weighted by Crippen LogP contribution is 2.23. The summed E-state index contributed by atoms with van der Waals surface area (Å²) in [6.45, 7) is 0.852. The zero-order valence-electron chi connectivity index (χ0n) is 9.09. The maximum Gasteiger partial charge on any atom is 0.0795 e. The first-order valence-electron chi connectivity index (χ1n) is 5.53. The summed E-state index contributed by atoms with van der Waals surface area (Å²) in [4.78, 5) is 6.51. The third-order valence-corrected chi connectivity index (χ3v) is 3.79. The third kappa shape index (κ3) is 2.77. The van der Waals surface area contributed by atoms with Crippen molar-refractivity contribution in [1.82, 2.24) is 9.88 Å². The molecule has 0 spiro atoms. The molecule has 1 saturated carbocycles. The largest absolute Gasteiger partial charge is 0.391 e. The minimum atomic E-state index is -0.151. The van der Waals surface area contributed by atoms with Gasteiger partial charge in [-0.05, 0) is 19.9 Å². The zero-order valence-corrected chi connectivity index (χ0v) is 9.91. The molecule has 0 amide bonds. The van der Waals surface area contributed by atoms with E-state index in [-0.39, 0.29) is 6.10 Å². The number of rotatable bonds is 3. The van der Waals surface area contributed by atoms with E-state index in [0.29, 0.717) is 6.04 Å². The summed E-state index contributed by atoms with van der Waals surface area (Å²) < 4.78 is 0. The van der Waals surface area contributed by atoms with E-state index >= 15 is 0 Å². The van der Waals surface area contributed by atoms with Gasteiger partial charge in [-0.1, -0.05) is 12.8 Å². The molecular formula is C11H18N2OS. The lowest BCUT2D eigenvalue weighted by Gasteiger charge is -2.34. The lowest BCUT2D eigenvalue weighted by Crippen LogP contribution is -2.42. The maximum absolute atomic E-state index is 9.91. The Kier molecular flexibility index (Phi) is 3.72. The number of likely N-dealkylation sites (N-methyl/N-ethyl adjacent to an activating group) is 1. The van der Waals surface area contributed by atoms with Gasteiger partial charge in [0.2, 0.25) is 0 Å². The fourth-order valence-corrected chi connectivity index (χ4v) is 2.84. The smallest absolute Gasteiger partial charge is 0.0795 e. The number of hydrogen-bond acceptors (Lipinski definition) is 4. The van der Waals surface area contributed by atoms with Crippen LogP contribution in [0.15, 0.2) is 10.9 Å². The van der Waals surface area contributed by atoms with E-state index in [1.807, 2.05) is 5.51 Å². The molecule has 1 heterocycles. The number of aliphatic hydroxyl groups excluding tert-OH is 1. The molecule has 1 aliphatic carbocycles. The fraction of sp³-hybridized carbons (Fsp3) is 0.727. The fourth-order valence-electron chi connectivity index (χ4n) is 2.29. The van der Waals surface area contributed by atoms with Crippen molar-refractivity contribution in [2.75, 3.05) is 7.05 Å². The first-order valence-corrected chi connectivity index (χ1v) is 6.47. The second-order valence-corrected chi connectivity index (χ2v) is 5.03. The summed E-state index contributed by atoms with van der Waals surface area (Å²) in [5, 5.41) is 12.0. The monoisotopic (exact) mass is 226 g/mol. The van der Waals surface area contributed by atoms with Gasteiger partial charge < -0.3 is 5.11 Å². The number of nitrogens with zero attached hydrogens (tertiary/aromatic N) is 2. The van der Waals surface area contributed by atoms with Crippen LogP contribution in [0.3, 0.4) is 0 Å². The first kappa shape index (κ1) is 11.0. The van der Waals surface area contributed by atoms with Crippen LogP contribution in [0, 0.1) is 0 Å². The normalized spacial score (nSPS) is 27.1. The highest BCUT2D eigenvalue weighted by atomic mass is 32.1. The van der Waals surface area contributed by atoms with Gasteiger partial charge in [0.1, 0.15) is 0 Å². The van der Waals surface area contributed by atoms with Crippen LogP contribution in [-0.2, 0) is 6.54 Å². The molecule has 3 nitrogen and oxygen atoms in total. The summed E-state index contributed by atoms with van der Waals surface area (Å²) in [5.74, 6) is 0. The minimum absolute atomic E-state index is 0.151. The Hall–Kier alpha value is -0.450. The summed E-state index contributed by atoms with van der Waals surface area (Å²) in [6.07, 6.45) is 4.32. The van der Waals surface area contributed by atoms with Crippen LogP contribution in [0.5, 0.6) is 0 Å². The molecule has 0 aromatic carbocycles. The molecule has 2 rings (SSSR count). The van der Waals surface area contributed by atoms with Gasteiger partial charge in [-0.25, -0.2) is 4.98 Å². The Morgan fingerprint density at radius 3 is 3.00 bits per heavy atom. The van der Waals surface area contributed by atoms with Crippen molar-refractivity contribution >= 4 is 11.3 Å². The molecule has 0 aliphatic heterocycles. The van der Waals surface area contributed by atoms with Crippen molar-refractivity contribution in [2.45, 2.75) is 44.4 Å². The van der Waals surface area contributed by atoms with E-state index in [0.717, 1.165) is 25.1 Å². The van der Waals surface area contributed by atoms with Crippen LogP contribution in [0.1, 0.15) is 31.4 Å². The van der Waals surface area contributed by atoms with Crippen LogP contribution < -0.4 is 0 Å². The SMILES string of the molecule is CN(Cc1cscn1)[C@H]1CCCC[C@@H]1O. The highest BCUT2D eigenvalue weighted by Gasteiger charge is 2.26. The number of hydrogen-bond donors (Lipinski definition) is 1. The van der Waals surface area contributed by atoms with Crippen LogP contribution in [0.4, 0.5) is 0 Å². The molecule has 0 bridgehead atoms. The Morgan fingerprint density at radius 2 is 2.33 bits per heavy atom. The molecule has 0 radical (unpaired) electrons. The van der Waals surface area contributed by atoms with Gasteiger partial charge in [-0.15, -0.1) is 11.3 Å². The molecule has 4 heteroatoms. The second kappa shape index (κ2) is 5.05. The third-order valence-electron chi connectivity index (χ3n) is 3.15. The van der Waals surface area contributed by atoms with Gasteiger partial charge in [0.05, 0.1) is 17.3 Å². The van der Waals surface area contributed by atoms with Crippen molar-refractivity contribution in [3.05, 3.63) is 16.6 Å². The van der Waals surface area contributed by atoms with E-state index in [2.05, 4.69) is 22.3 Å². The first-order chi connectivity index (χ1) is 7.27. The maximum atomic E-state index is 9.91. The van der Waals surface area contributed by atoms with Gasteiger partial charge in [0.25, 0.3) is 0 Å². The molecule has 0 unspecified atom stereocenters. The van der Waals surface area contributed by atoms with E-state index < -0.39 is 0 Å². The molecule has 1 aromatic rings. The van der Waals surface area contributed by atoms with Gasteiger partial charge in [-0.3, -0.25) is 4.90 Å². The molecule has 2 atom stereocenters. The highest BCUT2D eigenvalue weighted by molar-refractivity contribution is 7.07. The number of aromatic nitrogens is 1. The van der Waals surface area contributed by atoms with E-state index in [1.165, 1.54) is 12.8 Å². The molecule has 1 N–H and O–H groups in total. The predicted octanol–water partition coefficient (Wildman–Crippen LogP) is 1.88. The summed E-state index contributed by atoms with van der Waals surface area (Å²) in [6, 6.07) is 0.320. The van der Waals surface area contributed by atoms with Crippen molar-refractivity contribution in [3.8, 4) is 0 Å². The van der Waals surface area contributed by atoms with Crippen molar-refractivity contribution in [1.29, 1.82) is 0 Å². The molecule has 1 aliphatic rings. The Bertz CT molecular complexity index is 289. The molecule has 15 heavy (non-hydrogen) atoms. The Morgan fingerprint density at radius 1 is 1.53 bits per heavy atom. The minimum Gasteiger partial charge on any atom is -0.391 e. The van der Waals surface area contributed by atoms with Gasteiger partial charge in [0, 0.05) is 18.0 Å². The summed E-state index contributed by atoms with van der Waals surface area (Å²) >= 11 is 1.63. The zero-order chi connectivity index (χ0) is 10.7. The van der Waals surface area contributed by atoms with Crippen LogP contribution >= 0.6 is 11.3 Å². The van der Waals surface area contributed by atoms with Gasteiger partial charge in [-0.2, -0.15) is 0 Å². The summed E-state index contributed by atoms with van der Waals surface area (Å²) in [5.41, 5.74) is 2.97. The van der Waals surface area contributed by atoms with Crippen LogP contribution in [-0.4, -0.2) is 34.2 Å². The van der Waals surface area contributed by atoms with Crippen LogP contribution in [0.2, 0.25) is 0 Å². The van der Waals surface area contributed by atoms with E-state index in [9.17, 15) is 5.11 Å². The summed E-state index contributed by atoms with van der Waals surface area (Å²) in [7, 11) is 2.08. The quantitative estimate of drug-likeness (QED) is 0.855.